The highest BCUT2D eigenvalue weighted by Gasteiger charge is 2.41. The summed E-state index contributed by atoms with van der Waals surface area (Å²) in [4.78, 5) is 11.6. The second-order valence-electron chi connectivity index (χ2n) is 4.88. The number of hydrogen-bond donors (Lipinski definition) is 2. The number of carbonyl (C=O) groups is 1. The molecule has 1 amide bonds. The molecule has 5 heteroatoms. The second-order valence-corrected chi connectivity index (χ2v) is 5.29. The van der Waals surface area contributed by atoms with Gasteiger partial charge in [-0.3, -0.25) is 4.79 Å². The van der Waals surface area contributed by atoms with Gasteiger partial charge in [-0.15, -0.1) is 0 Å². The first-order chi connectivity index (χ1) is 9.04. The van der Waals surface area contributed by atoms with Crippen molar-refractivity contribution in [3.05, 3.63) is 40.7 Å². The molecule has 0 aliphatic heterocycles. The van der Waals surface area contributed by atoms with Crippen molar-refractivity contribution in [3.63, 3.8) is 0 Å². The first-order valence-corrected chi connectivity index (χ1v) is 6.44. The van der Waals surface area contributed by atoms with Crippen molar-refractivity contribution in [3.8, 4) is 0 Å². The maximum absolute atomic E-state index is 12.9. The van der Waals surface area contributed by atoms with Crippen molar-refractivity contribution in [2.75, 3.05) is 13.2 Å². The van der Waals surface area contributed by atoms with Gasteiger partial charge in [-0.2, -0.15) is 0 Å². The average Bonchev–Trinajstić information content (AvgIpc) is 3.18. The van der Waals surface area contributed by atoms with Crippen molar-refractivity contribution in [2.45, 2.75) is 12.8 Å². The van der Waals surface area contributed by atoms with Crippen LogP contribution < -0.4 is 5.32 Å². The normalized spacial score (nSPS) is 16.6. The Morgan fingerprint density at radius 1 is 1.53 bits per heavy atom. The zero-order valence-corrected chi connectivity index (χ0v) is 11.1. The lowest BCUT2D eigenvalue weighted by atomic mass is 10.1. The molecule has 1 fully saturated rings. The fourth-order valence-corrected chi connectivity index (χ4v) is 1.88. The van der Waals surface area contributed by atoms with E-state index in [9.17, 15) is 9.18 Å². The zero-order chi connectivity index (χ0) is 13.9. The van der Waals surface area contributed by atoms with Crippen LogP contribution in [0.2, 0.25) is 5.02 Å². The van der Waals surface area contributed by atoms with Gasteiger partial charge in [0.25, 0.3) is 0 Å². The van der Waals surface area contributed by atoms with Crippen molar-refractivity contribution in [1.29, 1.82) is 0 Å². The number of hydrogen-bond acceptors (Lipinski definition) is 2. The van der Waals surface area contributed by atoms with E-state index in [4.69, 9.17) is 16.7 Å². The topological polar surface area (TPSA) is 49.3 Å². The van der Waals surface area contributed by atoms with E-state index in [1.165, 1.54) is 18.2 Å². The van der Waals surface area contributed by atoms with Crippen LogP contribution in [0, 0.1) is 11.2 Å². The molecule has 2 rings (SSSR count). The van der Waals surface area contributed by atoms with E-state index >= 15 is 0 Å². The molecule has 0 radical (unpaired) electrons. The highest BCUT2D eigenvalue weighted by molar-refractivity contribution is 6.30. The van der Waals surface area contributed by atoms with E-state index in [2.05, 4.69) is 5.32 Å². The van der Waals surface area contributed by atoms with Crippen LogP contribution in [-0.4, -0.2) is 24.2 Å². The molecule has 1 aromatic rings. The van der Waals surface area contributed by atoms with Crippen LogP contribution in [-0.2, 0) is 4.79 Å². The Morgan fingerprint density at radius 3 is 2.84 bits per heavy atom. The molecule has 1 aromatic carbocycles. The molecule has 2 N–H and O–H groups in total. The lowest BCUT2D eigenvalue weighted by Gasteiger charge is -2.11. The quantitative estimate of drug-likeness (QED) is 0.815. The summed E-state index contributed by atoms with van der Waals surface area (Å²) < 4.78 is 12.9. The smallest absolute Gasteiger partial charge is 0.244 e. The summed E-state index contributed by atoms with van der Waals surface area (Å²) in [5.74, 6) is -0.720. The van der Waals surface area contributed by atoms with Gasteiger partial charge in [-0.25, -0.2) is 4.39 Å². The zero-order valence-electron chi connectivity index (χ0n) is 10.3. The molecule has 19 heavy (non-hydrogen) atoms. The third-order valence-corrected chi connectivity index (χ3v) is 3.59. The Bertz CT molecular complexity index is 512. The molecule has 1 aliphatic carbocycles. The third kappa shape index (κ3) is 3.78. The van der Waals surface area contributed by atoms with Crippen LogP contribution in [0.4, 0.5) is 4.39 Å². The predicted octanol–water partition coefficient (Wildman–Crippen LogP) is 2.38. The van der Waals surface area contributed by atoms with E-state index in [1.807, 2.05) is 0 Å². The van der Waals surface area contributed by atoms with Crippen LogP contribution in [0.1, 0.15) is 18.4 Å². The van der Waals surface area contributed by atoms with Crippen molar-refractivity contribution < 1.29 is 14.3 Å². The van der Waals surface area contributed by atoms with Crippen LogP contribution in [0.3, 0.4) is 0 Å². The third-order valence-electron chi connectivity index (χ3n) is 3.30. The molecule has 0 heterocycles. The van der Waals surface area contributed by atoms with Gasteiger partial charge >= 0.3 is 0 Å². The molecule has 0 bridgehead atoms. The summed E-state index contributed by atoms with van der Waals surface area (Å²) in [6.07, 6.45) is 4.83. The van der Waals surface area contributed by atoms with E-state index in [1.54, 1.807) is 12.1 Å². The fourth-order valence-electron chi connectivity index (χ4n) is 1.69. The minimum absolute atomic E-state index is 0.0276. The molecular weight excluding hydrogens is 269 g/mol. The molecule has 3 nitrogen and oxygen atoms in total. The summed E-state index contributed by atoms with van der Waals surface area (Å²) in [5, 5.41) is 11.9. The van der Waals surface area contributed by atoms with Crippen LogP contribution in [0.5, 0.6) is 0 Å². The summed E-state index contributed by atoms with van der Waals surface area (Å²) >= 11 is 5.64. The number of benzene rings is 1. The molecule has 0 atom stereocenters. The Hall–Kier alpha value is -1.39. The Kier molecular flexibility index (Phi) is 4.22. The van der Waals surface area contributed by atoms with Gasteiger partial charge in [0.1, 0.15) is 5.82 Å². The lowest BCUT2D eigenvalue weighted by Crippen LogP contribution is -2.30. The number of halogens is 2. The maximum atomic E-state index is 12.9. The molecule has 1 saturated carbocycles. The Morgan fingerprint density at radius 2 is 2.26 bits per heavy atom. The monoisotopic (exact) mass is 283 g/mol. The number of carbonyl (C=O) groups excluding carboxylic acids is 1. The number of nitrogens with one attached hydrogen (secondary N) is 1. The summed E-state index contributed by atoms with van der Waals surface area (Å²) in [5.41, 5.74) is 0.549. The van der Waals surface area contributed by atoms with Gasteiger partial charge in [0, 0.05) is 18.0 Å². The number of amides is 1. The number of aliphatic hydroxyl groups is 1. The highest BCUT2D eigenvalue weighted by Crippen LogP contribution is 2.44. The molecule has 1 aliphatic rings. The molecule has 0 spiro atoms. The van der Waals surface area contributed by atoms with Crippen LogP contribution in [0.25, 0.3) is 6.08 Å². The maximum Gasteiger partial charge on any atom is 0.244 e. The minimum atomic E-state index is -0.484. The molecule has 0 saturated heterocycles. The summed E-state index contributed by atoms with van der Waals surface area (Å²) in [6.45, 7) is 0.585. The minimum Gasteiger partial charge on any atom is -0.396 e. The van der Waals surface area contributed by atoms with E-state index in [0.717, 1.165) is 12.8 Å². The fraction of sp³-hybridized carbons (Fsp3) is 0.357. The summed E-state index contributed by atoms with van der Waals surface area (Å²) in [6, 6.07) is 4.25. The molecular formula is C14H15ClFNO2. The van der Waals surface area contributed by atoms with Crippen molar-refractivity contribution in [1.82, 2.24) is 5.32 Å². The SMILES string of the molecule is O=C(/C=C/c1ccc(F)c(Cl)c1)NCC1(CO)CC1. The standard InChI is InChI=1S/C14H15ClFNO2/c15-11-7-10(1-3-12(11)16)2-4-13(19)17-8-14(9-18)5-6-14/h1-4,7,18H,5-6,8-9H2,(H,17,19)/b4-2+. The van der Waals surface area contributed by atoms with Crippen LogP contribution in [0.15, 0.2) is 24.3 Å². The average molecular weight is 284 g/mol. The summed E-state index contributed by atoms with van der Waals surface area (Å²) in [7, 11) is 0. The van der Waals surface area contributed by atoms with Gasteiger partial charge in [-0.1, -0.05) is 17.7 Å². The van der Waals surface area contributed by atoms with Crippen molar-refractivity contribution in [2.24, 2.45) is 5.41 Å². The van der Waals surface area contributed by atoms with E-state index < -0.39 is 5.82 Å². The van der Waals surface area contributed by atoms with Crippen molar-refractivity contribution >= 4 is 23.6 Å². The molecule has 0 unspecified atom stereocenters. The van der Waals surface area contributed by atoms with Gasteiger partial charge in [-0.05, 0) is 36.6 Å². The largest absolute Gasteiger partial charge is 0.396 e. The first kappa shape index (κ1) is 14.0. The Balaban J connectivity index is 1.87. The van der Waals surface area contributed by atoms with Gasteiger partial charge in [0.15, 0.2) is 0 Å². The molecule has 102 valence electrons. The first-order valence-electron chi connectivity index (χ1n) is 6.06. The Labute approximate surface area is 116 Å². The lowest BCUT2D eigenvalue weighted by molar-refractivity contribution is -0.116. The van der Waals surface area contributed by atoms with E-state index in [0.29, 0.717) is 12.1 Å². The molecule has 0 aromatic heterocycles. The van der Waals surface area contributed by atoms with Gasteiger partial charge < -0.3 is 10.4 Å². The van der Waals surface area contributed by atoms with Crippen LogP contribution >= 0.6 is 11.6 Å². The van der Waals surface area contributed by atoms with Gasteiger partial charge in [0.05, 0.1) is 11.6 Å². The van der Waals surface area contributed by atoms with Gasteiger partial charge in [0.2, 0.25) is 5.91 Å². The highest BCUT2D eigenvalue weighted by atomic mass is 35.5. The number of aliphatic hydroxyl groups excluding tert-OH is 1. The van der Waals surface area contributed by atoms with E-state index in [-0.39, 0.29) is 23.0 Å². The second kappa shape index (κ2) is 5.72. The number of rotatable bonds is 5. The predicted molar refractivity (Wildman–Crippen MR) is 72.2 cm³/mol.